The molecule has 6 N–H and O–H groups in total. The van der Waals surface area contributed by atoms with E-state index in [-0.39, 0.29) is 34.4 Å². The number of esters is 4. The molecule has 110 heavy (non-hydrogen) atoms. The highest BCUT2D eigenvalue weighted by atomic mass is 35.5. The quantitative estimate of drug-likeness (QED) is 0.0216. The smallest absolute Gasteiger partial charge is 0.338 e. The number of carbonyl (C=O) groups is 5. The number of carbonyl (C=O) groups excluding carboxylic acids is 5. The molecule has 0 radical (unpaired) electrons. The molecule has 1 aliphatic heterocycles. The molecule has 2 aromatic heterocycles. The van der Waals surface area contributed by atoms with Crippen molar-refractivity contribution in [1.82, 2.24) is 24.0 Å². The SMILES string of the molecule is COC(=O)c1ccc(F)c([N+](=O)[O-])c1.COC(=O)c1ccc(Nc2ccc(OC)cc2)c(N)c1.COC(=O)c1ccc(Nc2ccc(OC)cc2)c([N+](=O)[O-])c1.COC(=O)c1ccc2c(c1)ncn2-c1ccc(OC)cc1.COc1ccc(-n2cnc3cc(C(=O)N4CCCCC4)ccc32)cc1.Nc1cccc(Cl)c1. The van der Waals surface area contributed by atoms with Crippen molar-refractivity contribution in [2.45, 2.75) is 19.3 Å². The van der Waals surface area contributed by atoms with Gasteiger partial charge in [0.2, 0.25) is 5.82 Å². The molecular weight excluding hydrogens is 1440 g/mol. The van der Waals surface area contributed by atoms with Gasteiger partial charge in [0.1, 0.15) is 41.3 Å². The molecule has 568 valence electrons. The fraction of sp³-hybridized carbons (Fsp3) is 0.163. The average molecular weight is 1520 g/mol. The van der Waals surface area contributed by atoms with Crippen molar-refractivity contribution in [2.24, 2.45) is 0 Å². The van der Waals surface area contributed by atoms with Gasteiger partial charge in [0.15, 0.2) is 0 Å². The number of rotatable bonds is 17. The Morgan fingerprint density at radius 2 is 0.827 bits per heavy atom. The number of hydrogen-bond donors (Lipinski definition) is 4. The van der Waals surface area contributed by atoms with Crippen molar-refractivity contribution in [3.05, 3.63) is 284 Å². The van der Waals surface area contributed by atoms with Crippen molar-refractivity contribution in [2.75, 3.05) is 92.1 Å². The number of amides is 1. The highest BCUT2D eigenvalue weighted by Crippen LogP contribution is 2.32. The van der Waals surface area contributed by atoms with Gasteiger partial charge in [0.25, 0.3) is 11.6 Å². The summed E-state index contributed by atoms with van der Waals surface area (Å²) in [7, 11) is 11.5. The van der Waals surface area contributed by atoms with Crippen molar-refractivity contribution in [3.63, 3.8) is 0 Å². The van der Waals surface area contributed by atoms with Gasteiger partial charge in [0.05, 0.1) is 122 Å². The number of nitro benzene ring substituents is 2. The van der Waals surface area contributed by atoms with Gasteiger partial charge in [-0.2, -0.15) is 4.39 Å². The minimum Gasteiger partial charge on any atom is -0.497 e. The number of likely N-dealkylation sites (tertiary alicyclic amines) is 1. The Morgan fingerprint density at radius 1 is 0.445 bits per heavy atom. The van der Waals surface area contributed by atoms with Gasteiger partial charge < -0.3 is 64.9 Å². The maximum atomic E-state index is 12.8. The van der Waals surface area contributed by atoms with Crippen LogP contribution in [-0.2, 0) is 18.9 Å². The summed E-state index contributed by atoms with van der Waals surface area (Å²) in [4.78, 5) is 88.8. The Balaban J connectivity index is 0.000000170. The minimum atomic E-state index is -0.984. The Kier molecular flexibility index (Phi) is 29.6. The zero-order valence-electron chi connectivity index (χ0n) is 60.9. The second-order valence-electron chi connectivity index (χ2n) is 23.3. The molecule has 1 saturated heterocycles. The van der Waals surface area contributed by atoms with E-state index in [0.717, 1.165) is 119 Å². The van der Waals surface area contributed by atoms with Gasteiger partial charge in [0, 0.05) is 64.2 Å². The summed E-state index contributed by atoms with van der Waals surface area (Å²) in [5, 5.41) is 28.3. The molecular formula is C80H77ClFN11O17. The molecule has 0 aliphatic carbocycles. The largest absolute Gasteiger partial charge is 0.497 e. The standard InChI is InChI=1S/C20H21N3O2.C16H14N2O3.C15H14N2O5.C15H16N2O3.C8H6FNO4.C6H6ClN/c1-25-17-8-6-16(7-9-17)23-14-21-18-13-15(5-10-19(18)23)20(24)22-11-3-2-4-12-22;1-20-13-6-4-12(5-7-13)18-10-17-14-9-11(16(19)21-2)3-8-15(14)18;1-21-12-6-4-11(5-7-12)16-13-8-3-10(15(18)22-2)9-14(13)17(19)20;1-19-12-6-4-11(5-7-12)17-14-8-3-10(9-13(14)16)15(18)20-2;1-14-8(11)5-2-3-6(9)7(4-5)10(12)13;7-5-2-1-3-6(8)4-5/h5-10,13-14H,2-4,11-12H2,1H3;3-10H,1-2H3;3-9,16H,1-2H3;3-9,17H,16H2,1-2H3;2-4H,1H3;1-4H,8H2. The first-order valence-corrected chi connectivity index (χ1v) is 33.7. The number of anilines is 6. The van der Waals surface area contributed by atoms with Crippen molar-refractivity contribution < 1.29 is 76.1 Å². The summed E-state index contributed by atoms with van der Waals surface area (Å²) in [6.45, 7) is 1.72. The summed E-state index contributed by atoms with van der Waals surface area (Å²) in [5.74, 6) is 0.0726. The van der Waals surface area contributed by atoms with Crippen LogP contribution in [-0.4, -0.2) is 134 Å². The van der Waals surface area contributed by atoms with Crippen molar-refractivity contribution in [3.8, 4) is 34.4 Å². The molecule has 0 atom stereocenters. The number of aromatic nitrogens is 4. The molecule has 28 nitrogen and oxygen atoms in total. The van der Waals surface area contributed by atoms with E-state index >= 15 is 0 Å². The van der Waals surface area contributed by atoms with Crippen LogP contribution in [0.1, 0.15) is 71.1 Å². The number of nitrogens with two attached hydrogens (primary N) is 2. The number of hydrogen-bond acceptors (Lipinski definition) is 23. The van der Waals surface area contributed by atoms with Crippen LogP contribution in [0.4, 0.5) is 49.9 Å². The number of benzene rings is 10. The number of fused-ring (bicyclic) bond motifs is 2. The highest BCUT2D eigenvalue weighted by molar-refractivity contribution is 6.30. The Hall–Kier alpha value is -14.1. The fourth-order valence-electron chi connectivity index (χ4n) is 10.6. The number of imidazole rings is 2. The molecule has 1 aliphatic rings. The lowest BCUT2D eigenvalue weighted by Crippen LogP contribution is -2.35. The molecule has 1 amide bonds. The van der Waals surface area contributed by atoms with E-state index in [1.165, 1.54) is 45.9 Å². The van der Waals surface area contributed by atoms with E-state index in [0.29, 0.717) is 39.0 Å². The van der Waals surface area contributed by atoms with Crippen LogP contribution in [0.15, 0.2) is 225 Å². The molecule has 3 heterocycles. The van der Waals surface area contributed by atoms with E-state index in [2.05, 4.69) is 34.8 Å². The molecule has 10 aromatic carbocycles. The van der Waals surface area contributed by atoms with Crippen LogP contribution in [0.3, 0.4) is 0 Å². The average Bonchev–Trinajstić information content (AvgIpc) is 1.63. The molecule has 30 heteroatoms. The predicted octanol–water partition coefficient (Wildman–Crippen LogP) is 15.9. The van der Waals surface area contributed by atoms with Gasteiger partial charge in [-0.25, -0.2) is 29.1 Å². The van der Waals surface area contributed by atoms with Gasteiger partial charge in [-0.15, -0.1) is 0 Å². The van der Waals surface area contributed by atoms with Gasteiger partial charge in [-0.3, -0.25) is 34.2 Å². The normalized spacial score (nSPS) is 11.0. The monoisotopic (exact) mass is 1520 g/mol. The van der Waals surface area contributed by atoms with Crippen molar-refractivity contribution in [1.29, 1.82) is 0 Å². The molecule has 12 aromatic rings. The number of nitrogens with zero attached hydrogens (tertiary/aromatic N) is 7. The van der Waals surface area contributed by atoms with Gasteiger partial charge >= 0.3 is 29.6 Å². The number of methoxy groups -OCH3 is 8. The van der Waals surface area contributed by atoms with Crippen LogP contribution in [0.5, 0.6) is 23.0 Å². The topological polar surface area (TPSA) is 360 Å². The summed E-state index contributed by atoms with van der Waals surface area (Å²) in [5.41, 5.74) is 21.2. The Labute approximate surface area is 635 Å². The lowest BCUT2D eigenvalue weighted by atomic mass is 10.1. The van der Waals surface area contributed by atoms with E-state index < -0.39 is 39.3 Å². The first-order chi connectivity index (χ1) is 53.0. The highest BCUT2D eigenvalue weighted by Gasteiger charge is 2.22. The van der Waals surface area contributed by atoms with Crippen LogP contribution in [0.25, 0.3) is 33.4 Å². The second kappa shape index (κ2) is 39.9. The predicted molar refractivity (Wildman–Crippen MR) is 416 cm³/mol. The number of nitro groups is 2. The molecule has 13 rings (SSSR count). The van der Waals surface area contributed by atoms with Crippen LogP contribution >= 0.6 is 11.6 Å². The Morgan fingerprint density at radius 3 is 1.24 bits per heavy atom. The summed E-state index contributed by atoms with van der Waals surface area (Å²) in [6, 6.07) is 60.0. The zero-order chi connectivity index (χ0) is 79.4. The number of ether oxygens (including phenoxy) is 8. The van der Waals surface area contributed by atoms with E-state index in [4.69, 9.17) is 46.8 Å². The lowest BCUT2D eigenvalue weighted by molar-refractivity contribution is -0.387. The maximum absolute atomic E-state index is 12.8. The van der Waals surface area contributed by atoms with Gasteiger partial charge in [-0.05, 0) is 213 Å². The fourth-order valence-corrected chi connectivity index (χ4v) is 10.8. The van der Waals surface area contributed by atoms with E-state index in [9.17, 15) is 48.6 Å². The van der Waals surface area contributed by atoms with Crippen LogP contribution in [0, 0.1) is 26.0 Å². The summed E-state index contributed by atoms with van der Waals surface area (Å²) >= 11 is 5.56. The molecule has 0 saturated carbocycles. The van der Waals surface area contributed by atoms with Crippen LogP contribution in [0.2, 0.25) is 5.02 Å². The lowest BCUT2D eigenvalue weighted by Gasteiger charge is -2.26. The third kappa shape index (κ3) is 22.2. The van der Waals surface area contributed by atoms with Gasteiger partial charge in [-0.1, -0.05) is 17.7 Å². The molecule has 0 spiro atoms. The molecule has 0 unspecified atom stereocenters. The third-order valence-electron chi connectivity index (χ3n) is 16.3. The zero-order valence-corrected chi connectivity index (χ0v) is 61.6. The number of nitrogen functional groups attached to an aromatic ring is 2. The maximum Gasteiger partial charge on any atom is 0.338 e. The first kappa shape index (κ1) is 81.6. The number of piperidine rings is 1. The van der Waals surface area contributed by atoms with Crippen LogP contribution < -0.4 is 41.0 Å². The summed E-state index contributed by atoms with van der Waals surface area (Å²) in [6.07, 6.45) is 6.93. The first-order valence-electron chi connectivity index (χ1n) is 33.3. The summed E-state index contributed by atoms with van der Waals surface area (Å²) < 4.78 is 55.5. The number of halogens is 2. The molecule has 1 fully saturated rings. The van der Waals surface area contributed by atoms with E-state index in [1.807, 2.05) is 117 Å². The van der Waals surface area contributed by atoms with E-state index in [1.54, 1.807) is 114 Å². The van der Waals surface area contributed by atoms with Crippen molar-refractivity contribution >= 4 is 109 Å². The third-order valence-corrected chi connectivity index (χ3v) is 16.6. The molecule has 0 bridgehead atoms. The minimum absolute atomic E-state index is 0.0550. The second-order valence-corrected chi connectivity index (χ2v) is 23.8. The Bertz CT molecular complexity index is 5160. The number of nitrogens with one attached hydrogen (secondary N) is 2.